The third kappa shape index (κ3) is 6.00. The highest BCUT2D eigenvalue weighted by Gasteiger charge is 2.09. The summed E-state index contributed by atoms with van der Waals surface area (Å²) in [6.07, 6.45) is 0.567. The molecule has 0 bridgehead atoms. The molecule has 3 aromatic rings. The summed E-state index contributed by atoms with van der Waals surface area (Å²) in [6.45, 7) is 0.278. The number of primary sulfonamides is 1. The van der Waals surface area contributed by atoms with Crippen molar-refractivity contribution in [2.45, 2.75) is 24.3 Å². The molecule has 31 heavy (non-hydrogen) atoms. The average Bonchev–Trinajstić information content (AvgIpc) is 2.75. The Morgan fingerprint density at radius 3 is 2.35 bits per heavy atom. The summed E-state index contributed by atoms with van der Waals surface area (Å²) in [4.78, 5) is 24.2. The van der Waals surface area contributed by atoms with Gasteiger partial charge in [-0.15, -0.1) is 0 Å². The maximum Gasteiger partial charge on any atom is 0.266 e. The number of carbonyl (C=O) groups is 1. The summed E-state index contributed by atoms with van der Waals surface area (Å²) in [5.74, 6) is 0.463. The lowest BCUT2D eigenvalue weighted by atomic mass is 10.1. The van der Waals surface area contributed by atoms with Gasteiger partial charge in [-0.05, 0) is 61.0 Å². The highest BCUT2D eigenvalue weighted by molar-refractivity contribution is 7.89. The maximum atomic E-state index is 12.1. The Morgan fingerprint density at radius 2 is 1.74 bits per heavy atom. The van der Waals surface area contributed by atoms with Crippen LogP contribution in [0.15, 0.2) is 70.4 Å². The molecule has 0 atom stereocenters. The minimum Gasteiger partial charge on any atom is -0.497 e. The van der Waals surface area contributed by atoms with Crippen molar-refractivity contribution < 1.29 is 17.9 Å². The Hall–Kier alpha value is -3.50. The van der Waals surface area contributed by atoms with Gasteiger partial charge in [0.25, 0.3) is 5.56 Å². The monoisotopic (exact) mass is 442 g/mol. The zero-order valence-corrected chi connectivity index (χ0v) is 17.6. The Morgan fingerprint density at radius 1 is 1.06 bits per heavy atom. The number of benzene rings is 2. The minimum absolute atomic E-state index is 0.0345. The minimum atomic E-state index is -3.78. The molecule has 162 valence electrons. The van der Waals surface area contributed by atoms with Gasteiger partial charge in [0.05, 0.1) is 17.7 Å². The van der Waals surface area contributed by atoms with E-state index in [0.29, 0.717) is 17.8 Å². The molecule has 1 heterocycles. The van der Waals surface area contributed by atoms with Crippen LogP contribution in [0.1, 0.15) is 12.8 Å². The summed E-state index contributed by atoms with van der Waals surface area (Å²) in [5.41, 5.74) is 1.68. The molecule has 10 heteroatoms. The second kappa shape index (κ2) is 9.54. The lowest BCUT2D eigenvalue weighted by molar-refractivity contribution is -0.116. The van der Waals surface area contributed by atoms with Gasteiger partial charge < -0.3 is 10.1 Å². The van der Waals surface area contributed by atoms with Crippen LogP contribution in [-0.2, 0) is 21.4 Å². The van der Waals surface area contributed by atoms with Crippen molar-refractivity contribution >= 4 is 21.6 Å². The third-order valence-electron chi connectivity index (χ3n) is 4.49. The van der Waals surface area contributed by atoms with Crippen molar-refractivity contribution in [3.05, 3.63) is 71.0 Å². The van der Waals surface area contributed by atoms with Gasteiger partial charge >= 0.3 is 0 Å². The van der Waals surface area contributed by atoms with E-state index in [-0.39, 0.29) is 29.3 Å². The number of hydrogen-bond acceptors (Lipinski definition) is 6. The number of aryl methyl sites for hydroxylation is 1. The van der Waals surface area contributed by atoms with E-state index in [1.54, 1.807) is 13.2 Å². The number of aromatic nitrogens is 2. The smallest absolute Gasteiger partial charge is 0.266 e. The SMILES string of the molecule is COc1ccc(-c2ccc(=O)n(CCCC(=O)Nc3ccc(S(N)(=O)=O)cc3)n2)cc1. The first-order chi connectivity index (χ1) is 14.8. The summed E-state index contributed by atoms with van der Waals surface area (Å²) >= 11 is 0. The highest BCUT2D eigenvalue weighted by Crippen LogP contribution is 2.19. The molecule has 0 aliphatic carbocycles. The molecule has 0 spiro atoms. The number of nitrogens with one attached hydrogen (secondary N) is 1. The van der Waals surface area contributed by atoms with E-state index in [1.165, 1.54) is 35.0 Å². The van der Waals surface area contributed by atoms with Gasteiger partial charge in [-0.25, -0.2) is 18.2 Å². The summed E-state index contributed by atoms with van der Waals surface area (Å²) in [6, 6.07) is 16.0. The van der Waals surface area contributed by atoms with Crippen molar-refractivity contribution in [2.24, 2.45) is 5.14 Å². The number of sulfonamides is 1. The van der Waals surface area contributed by atoms with Gasteiger partial charge in [0.15, 0.2) is 0 Å². The lowest BCUT2D eigenvalue weighted by Gasteiger charge is -2.09. The van der Waals surface area contributed by atoms with Crippen LogP contribution >= 0.6 is 0 Å². The van der Waals surface area contributed by atoms with E-state index in [9.17, 15) is 18.0 Å². The Balaban J connectivity index is 1.58. The van der Waals surface area contributed by atoms with E-state index < -0.39 is 10.0 Å². The summed E-state index contributed by atoms with van der Waals surface area (Å²) in [5, 5.41) is 12.1. The number of amides is 1. The molecule has 9 nitrogen and oxygen atoms in total. The van der Waals surface area contributed by atoms with Crippen molar-refractivity contribution in [1.82, 2.24) is 9.78 Å². The largest absolute Gasteiger partial charge is 0.497 e. The number of hydrogen-bond donors (Lipinski definition) is 2. The first-order valence-corrected chi connectivity index (χ1v) is 11.0. The molecule has 0 aliphatic heterocycles. The third-order valence-corrected chi connectivity index (χ3v) is 5.42. The molecular formula is C21H22N4O5S. The molecule has 0 saturated heterocycles. The molecule has 3 N–H and O–H groups in total. The van der Waals surface area contributed by atoms with E-state index in [4.69, 9.17) is 9.88 Å². The fraction of sp³-hybridized carbons (Fsp3) is 0.190. The van der Waals surface area contributed by atoms with Gasteiger partial charge in [0.2, 0.25) is 15.9 Å². The molecule has 2 aromatic carbocycles. The fourth-order valence-corrected chi connectivity index (χ4v) is 3.38. The maximum absolute atomic E-state index is 12.1. The quantitative estimate of drug-likeness (QED) is 0.548. The number of nitrogens with zero attached hydrogens (tertiary/aromatic N) is 2. The number of methoxy groups -OCH3 is 1. The normalized spacial score (nSPS) is 11.2. The van der Waals surface area contributed by atoms with Crippen molar-refractivity contribution in [2.75, 3.05) is 12.4 Å². The van der Waals surface area contributed by atoms with Crippen molar-refractivity contribution in [3.8, 4) is 17.0 Å². The number of ether oxygens (including phenoxy) is 1. The zero-order valence-electron chi connectivity index (χ0n) is 16.8. The van der Waals surface area contributed by atoms with Crippen LogP contribution in [0.5, 0.6) is 5.75 Å². The average molecular weight is 442 g/mol. The molecule has 1 aromatic heterocycles. The first-order valence-electron chi connectivity index (χ1n) is 9.41. The van der Waals surface area contributed by atoms with Crippen LogP contribution in [-0.4, -0.2) is 31.2 Å². The van der Waals surface area contributed by atoms with Crippen LogP contribution in [0.4, 0.5) is 5.69 Å². The zero-order chi connectivity index (χ0) is 22.4. The van der Waals surface area contributed by atoms with Gasteiger partial charge in [0.1, 0.15) is 5.75 Å². The van der Waals surface area contributed by atoms with Crippen LogP contribution in [0.2, 0.25) is 0 Å². The van der Waals surface area contributed by atoms with Gasteiger partial charge in [-0.3, -0.25) is 9.59 Å². The van der Waals surface area contributed by atoms with E-state index in [0.717, 1.165) is 11.3 Å². The molecule has 0 fully saturated rings. The number of nitrogens with two attached hydrogens (primary N) is 1. The van der Waals surface area contributed by atoms with Crippen molar-refractivity contribution in [1.29, 1.82) is 0 Å². The molecule has 0 aliphatic rings. The van der Waals surface area contributed by atoms with Gasteiger partial charge in [-0.1, -0.05) is 0 Å². The van der Waals surface area contributed by atoms with Gasteiger partial charge in [-0.2, -0.15) is 5.10 Å². The van der Waals surface area contributed by atoms with E-state index in [2.05, 4.69) is 10.4 Å². The van der Waals surface area contributed by atoms with Gasteiger partial charge in [0, 0.05) is 30.3 Å². The number of rotatable bonds is 8. The standard InChI is InChI=1S/C21H22N4O5S/c1-30-17-8-4-15(5-9-17)19-12-13-21(27)25(24-19)14-2-3-20(26)23-16-6-10-18(11-7-16)31(22,28)29/h4-13H,2-3,14H2,1H3,(H,23,26)(H2,22,28,29). The second-order valence-corrected chi connectivity index (χ2v) is 8.29. The Bertz CT molecular complexity index is 1220. The predicted octanol–water partition coefficient (Wildman–Crippen LogP) is 1.99. The van der Waals surface area contributed by atoms with Crippen LogP contribution in [0.3, 0.4) is 0 Å². The molecule has 3 rings (SSSR count). The van der Waals surface area contributed by atoms with Crippen LogP contribution in [0, 0.1) is 0 Å². The lowest BCUT2D eigenvalue weighted by Crippen LogP contribution is -2.23. The summed E-state index contributed by atoms with van der Waals surface area (Å²) in [7, 11) is -2.20. The molecule has 0 radical (unpaired) electrons. The topological polar surface area (TPSA) is 133 Å². The molecule has 0 saturated carbocycles. The van der Waals surface area contributed by atoms with Crippen molar-refractivity contribution in [3.63, 3.8) is 0 Å². The molecular weight excluding hydrogens is 420 g/mol. The fourth-order valence-electron chi connectivity index (χ4n) is 2.87. The first kappa shape index (κ1) is 22.2. The molecule has 1 amide bonds. The van der Waals surface area contributed by atoms with E-state index >= 15 is 0 Å². The predicted molar refractivity (Wildman–Crippen MR) is 116 cm³/mol. The van der Waals surface area contributed by atoms with Crippen LogP contribution in [0.25, 0.3) is 11.3 Å². The number of anilines is 1. The second-order valence-electron chi connectivity index (χ2n) is 6.73. The number of carbonyl (C=O) groups excluding carboxylic acids is 1. The Kier molecular flexibility index (Phi) is 6.83. The Labute approximate surface area is 179 Å². The van der Waals surface area contributed by atoms with E-state index in [1.807, 2.05) is 24.3 Å². The van der Waals surface area contributed by atoms with Crippen LogP contribution < -0.4 is 20.8 Å². The summed E-state index contributed by atoms with van der Waals surface area (Å²) < 4.78 is 29.0. The highest BCUT2D eigenvalue weighted by atomic mass is 32.2. The molecule has 0 unspecified atom stereocenters.